The minimum absolute atomic E-state index is 0.230. The number of aromatic nitrogens is 6. The Labute approximate surface area is 155 Å². The fourth-order valence-electron chi connectivity index (χ4n) is 2.22. The topological polar surface area (TPSA) is 82.6 Å². The van der Waals surface area contributed by atoms with Gasteiger partial charge in [0.05, 0.1) is 33.6 Å². The summed E-state index contributed by atoms with van der Waals surface area (Å²) in [6, 6.07) is 1.68. The van der Waals surface area contributed by atoms with Gasteiger partial charge in [0.15, 0.2) is 0 Å². The number of carbonyl (C=O) groups excluding carboxylic acids is 1. The number of amides is 1. The molecule has 3 rings (SSSR count). The van der Waals surface area contributed by atoms with Crippen LogP contribution in [0.1, 0.15) is 23.1 Å². The van der Waals surface area contributed by atoms with Gasteiger partial charge in [0.1, 0.15) is 12.4 Å². The predicted octanol–water partition coefficient (Wildman–Crippen LogP) is 2.26. The SMILES string of the molecule is CCn1ncc(Br)c1CNC(=O)c1ccn(Cn2cc(Br)cn2)n1. The highest BCUT2D eigenvalue weighted by Crippen LogP contribution is 2.15. The standard InChI is InChI=1S/C14H15Br2N7O/c1-2-23-13(11(16)6-19-23)7-17-14(24)12-3-4-21(20-12)9-22-8-10(15)5-18-22/h3-6,8H,2,7,9H2,1H3,(H,17,24). The Morgan fingerprint density at radius 2 is 2.08 bits per heavy atom. The largest absolute Gasteiger partial charge is 0.345 e. The summed E-state index contributed by atoms with van der Waals surface area (Å²) in [6.45, 7) is 3.56. The van der Waals surface area contributed by atoms with Crippen molar-refractivity contribution in [2.24, 2.45) is 0 Å². The van der Waals surface area contributed by atoms with Crippen LogP contribution in [0, 0.1) is 0 Å². The quantitative estimate of drug-likeness (QED) is 0.616. The molecule has 0 radical (unpaired) electrons. The van der Waals surface area contributed by atoms with E-state index < -0.39 is 0 Å². The number of rotatable bonds is 6. The Hall–Kier alpha value is -1.94. The first-order valence-electron chi connectivity index (χ1n) is 7.26. The average Bonchev–Trinajstić information content (AvgIpc) is 3.27. The molecule has 24 heavy (non-hydrogen) atoms. The maximum atomic E-state index is 12.3. The third kappa shape index (κ3) is 3.75. The van der Waals surface area contributed by atoms with Gasteiger partial charge in [0.25, 0.3) is 5.91 Å². The zero-order valence-corrected chi connectivity index (χ0v) is 16.0. The summed E-state index contributed by atoms with van der Waals surface area (Å²) >= 11 is 6.78. The lowest BCUT2D eigenvalue weighted by atomic mass is 10.3. The van der Waals surface area contributed by atoms with Gasteiger partial charge in [-0.15, -0.1) is 0 Å². The molecular formula is C14H15Br2N7O. The van der Waals surface area contributed by atoms with E-state index in [-0.39, 0.29) is 5.91 Å². The Morgan fingerprint density at radius 1 is 1.25 bits per heavy atom. The van der Waals surface area contributed by atoms with Crippen molar-refractivity contribution in [3.8, 4) is 0 Å². The molecule has 0 aliphatic carbocycles. The third-order valence-corrected chi connectivity index (χ3v) is 4.45. The third-order valence-electron chi connectivity index (χ3n) is 3.38. The van der Waals surface area contributed by atoms with Gasteiger partial charge in [-0.1, -0.05) is 0 Å². The van der Waals surface area contributed by atoms with Gasteiger partial charge in [-0.2, -0.15) is 15.3 Å². The van der Waals surface area contributed by atoms with Crippen molar-refractivity contribution in [1.29, 1.82) is 0 Å². The van der Waals surface area contributed by atoms with Crippen molar-refractivity contribution in [2.45, 2.75) is 26.7 Å². The van der Waals surface area contributed by atoms with Crippen LogP contribution in [0.2, 0.25) is 0 Å². The van der Waals surface area contributed by atoms with E-state index >= 15 is 0 Å². The summed E-state index contributed by atoms with van der Waals surface area (Å²) in [5.74, 6) is -0.230. The monoisotopic (exact) mass is 455 g/mol. The molecule has 3 aromatic rings. The average molecular weight is 457 g/mol. The van der Waals surface area contributed by atoms with Crippen LogP contribution in [0.4, 0.5) is 0 Å². The molecular weight excluding hydrogens is 442 g/mol. The van der Waals surface area contributed by atoms with Gasteiger partial charge >= 0.3 is 0 Å². The van der Waals surface area contributed by atoms with Gasteiger partial charge in [-0.05, 0) is 44.8 Å². The van der Waals surface area contributed by atoms with Crippen LogP contribution in [0.5, 0.6) is 0 Å². The molecule has 0 aromatic carbocycles. The molecule has 0 bridgehead atoms. The van der Waals surface area contributed by atoms with Crippen LogP contribution >= 0.6 is 31.9 Å². The fraction of sp³-hybridized carbons (Fsp3) is 0.286. The lowest BCUT2D eigenvalue weighted by molar-refractivity contribution is 0.0944. The molecule has 1 amide bonds. The van der Waals surface area contributed by atoms with Crippen LogP contribution in [-0.2, 0) is 19.8 Å². The molecule has 0 fully saturated rings. The summed E-state index contributed by atoms with van der Waals surface area (Å²) in [7, 11) is 0. The highest BCUT2D eigenvalue weighted by Gasteiger charge is 2.13. The number of halogens is 2. The first-order chi connectivity index (χ1) is 11.6. The molecule has 1 N–H and O–H groups in total. The lowest BCUT2D eigenvalue weighted by Crippen LogP contribution is -2.25. The summed E-state index contributed by atoms with van der Waals surface area (Å²) in [5, 5.41) is 15.5. The van der Waals surface area contributed by atoms with Crippen LogP contribution in [0.3, 0.4) is 0 Å². The van der Waals surface area contributed by atoms with Crippen LogP contribution < -0.4 is 5.32 Å². The Balaban J connectivity index is 1.62. The number of hydrogen-bond donors (Lipinski definition) is 1. The number of hydrogen-bond acceptors (Lipinski definition) is 4. The van der Waals surface area contributed by atoms with E-state index in [1.165, 1.54) is 0 Å². The van der Waals surface area contributed by atoms with E-state index in [2.05, 4.69) is 52.5 Å². The molecule has 3 heterocycles. The lowest BCUT2D eigenvalue weighted by Gasteiger charge is -2.07. The Kier molecular flexibility index (Phi) is 5.14. The van der Waals surface area contributed by atoms with E-state index in [0.29, 0.717) is 18.9 Å². The molecule has 0 spiro atoms. The summed E-state index contributed by atoms with van der Waals surface area (Å²) in [6.07, 6.45) is 7.01. The van der Waals surface area contributed by atoms with E-state index in [4.69, 9.17) is 0 Å². The minimum Gasteiger partial charge on any atom is -0.345 e. The molecule has 3 aromatic heterocycles. The second-order valence-corrected chi connectivity index (χ2v) is 6.79. The highest BCUT2D eigenvalue weighted by molar-refractivity contribution is 9.10. The zero-order valence-electron chi connectivity index (χ0n) is 12.9. The maximum absolute atomic E-state index is 12.3. The Bertz CT molecular complexity index is 851. The van der Waals surface area contributed by atoms with Crippen molar-refractivity contribution in [3.63, 3.8) is 0 Å². The molecule has 0 saturated carbocycles. The maximum Gasteiger partial charge on any atom is 0.272 e. The number of nitrogens with one attached hydrogen (secondary N) is 1. The second-order valence-electron chi connectivity index (χ2n) is 5.02. The van der Waals surface area contributed by atoms with Crippen LogP contribution in [-0.4, -0.2) is 35.2 Å². The smallest absolute Gasteiger partial charge is 0.272 e. The van der Waals surface area contributed by atoms with E-state index in [9.17, 15) is 4.79 Å². The van der Waals surface area contributed by atoms with Crippen molar-refractivity contribution < 1.29 is 4.79 Å². The predicted molar refractivity (Wildman–Crippen MR) is 94.3 cm³/mol. The van der Waals surface area contributed by atoms with E-state index in [1.807, 2.05) is 17.8 Å². The van der Waals surface area contributed by atoms with Crippen molar-refractivity contribution in [1.82, 2.24) is 34.7 Å². The van der Waals surface area contributed by atoms with Gasteiger partial charge in [-0.25, -0.2) is 4.68 Å². The second kappa shape index (κ2) is 7.31. The minimum atomic E-state index is -0.230. The van der Waals surface area contributed by atoms with Gasteiger partial charge < -0.3 is 5.32 Å². The fourth-order valence-corrected chi connectivity index (χ4v) is 2.98. The van der Waals surface area contributed by atoms with Crippen molar-refractivity contribution in [3.05, 3.63) is 51.2 Å². The number of nitrogens with zero attached hydrogens (tertiary/aromatic N) is 6. The van der Waals surface area contributed by atoms with Crippen molar-refractivity contribution in [2.75, 3.05) is 0 Å². The van der Waals surface area contributed by atoms with E-state index in [0.717, 1.165) is 21.2 Å². The molecule has 0 atom stereocenters. The van der Waals surface area contributed by atoms with Crippen LogP contribution in [0.15, 0.2) is 39.8 Å². The molecule has 8 nitrogen and oxygen atoms in total. The summed E-state index contributed by atoms with van der Waals surface area (Å²) < 4.78 is 6.97. The van der Waals surface area contributed by atoms with Gasteiger partial charge in [0, 0.05) is 18.9 Å². The van der Waals surface area contributed by atoms with Crippen LogP contribution in [0.25, 0.3) is 0 Å². The van der Waals surface area contributed by atoms with Gasteiger partial charge in [-0.3, -0.25) is 14.2 Å². The first kappa shape index (κ1) is 16.9. The van der Waals surface area contributed by atoms with Crippen molar-refractivity contribution >= 4 is 37.8 Å². The molecule has 10 heteroatoms. The molecule has 0 aliphatic rings. The molecule has 0 saturated heterocycles. The summed E-state index contributed by atoms with van der Waals surface area (Å²) in [5.41, 5.74) is 1.28. The normalized spacial score (nSPS) is 11.0. The number of carbonyl (C=O) groups is 1. The summed E-state index contributed by atoms with van der Waals surface area (Å²) in [4.78, 5) is 12.3. The van der Waals surface area contributed by atoms with E-state index in [1.54, 1.807) is 34.0 Å². The number of aryl methyl sites for hydroxylation is 1. The van der Waals surface area contributed by atoms with Gasteiger partial charge in [0.2, 0.25) is 0 Å². The highest BCUT2D eigenvalue weighted by atomic mass is 79.9. The molecule has 0 unspecified atom stereocenters. The molecule has 126 valence electrons. The Morgan fingerprint density at radius 3 is 2.79 bits per heavy atom. The molecule has 0 aliphatic heterocycles. The zero-order chi connectivity index (χ0) is 17.1. The first-order valence-corrected chi connectivity index (χ1v) is 8.85.